The molecule has 0 radical (unpaired) electrons. The van der Waals surface area contributed by atoms with Crippen LogP contribution in [0, 0.1) is 35.0 Å². The van der Waals surface area contributed by atoms with Crippen LogP contribution in [0.3, 0.4) is 0 Å². The molecule has 0 aromatic rings. The minimum Gasteiger partial charge on any atom is -0.389 e. The second-order valence-corrected chi connectivity index (χ2v) is 8.60. The lowest BCUT2D eigenvalue weighted by Crippen LogP contribution is -2.62. The lowest BCUT2D eigenvalue weighted by atomic mass is 9.51. The summed E-state index contributed by atoms with van der Waals surface area (Å²) in [5.41, 5.74) is 5.84. The number of nitrogens with two attached hydrogens (primary N) is 1. The molecule has 0 aromatic heterocycles. The molecule has 3 fully saturated rings. The maximum absolute atomic E-state index is 11.9. The van der Waals surface area contributed by atoms with Crippen LogP contribution in [-0.4, -0.2) is 17.3 Å². The first-order chi connectivity index (χ1) is 9.43. The largest absolute Gasteiger partial charge is 0.389 e. The van der Waals surface area contributed by atoms with Gasteiger partial charge in [0.05, 0.1) is 5.60 Å². The van der Waals surface area contributed by atoms with Gasteiger partial charge in [-0.25, -0.2) is 0 Å². The highest BCUT2D eigenvalue weighted by molar-refractivity contribution is 5.14. The highest BCUT2D eigenvalue weighted by atomic mass is 16.3. The van der Waals surface area contributed by atoms with Crippen LogP contribution in [-0.2, 0) is 0 Å². The first-order valence-electron chi connectivity index (χ1n) is 8.85. The Kier molecular flexibility index (Phi) is 3.70. The lowest BCUT2D eigenvalue weighted by Gasteiger charge is -2.57. The van der Waals surface area contributed by atoms with Gasteiger partial charge in [-0.15, -0.1) is 0 Å². The summed E-state index contributed by atoms with van der Waals surface area (Å²) < 4.78 is 0. The Morgan fingerprint density at radius 1 is 1.15 bits per heavy atom. The SMILES string of the molecule is CC1CCC(C(C)C)C(O)(C2(CN)CC3CCC2C3)C1. The van der Waals surface area contributed by atoms with Crippen LogP contribution in [0.2, 0.25) is 0 Å². The summed E-state index contributed by atoms with van der Waals surface area (Å²) in [5, 5.41) is 11.9. The van der Waals surface area contributed by atoms with Crippen molar-refractivity contribution in [3.05, 3.63) is 0 Å². The van der Waals surface area contributed by atoms with Crippen molar-refractivity contribution in [3.63, 3.8) is 0 Å². The summed E-state index contributed by atoms with van der Waals surface area (Å²) >= 11 is 0. The fourth-order valence-electron chi connectivity index (χ4n) is 6.35. The third kappa shape index (κ3) is 1.90. The van der Waals surface area contributed by atoms with E-state index in [4.69, 9.17) is 5.73 Å². The van der Waals surface area contributed by atoms with Gasteiger partial charge in [-0.1, -0.05) is 33.6 Å². The molecule has 0 amide bonds. The highest BCUT2D eigenvalue weighted by Crippen LogP contribution is 2.64. The van der Waals surface area contributed by atoms with E-state index >= 15 is 0 Å². The maximum Gasteiger partial charge on any atom is 0.0751 e. The van der Waals surface area contributed by atoms with Gasteiger partial charge in [0.1, 0.15) is 0 Å². The number of hydrogen-bond acceptors (Lipinski definition) is 2. The van der Waals surface area contributed by atoms with E-state index in [2.05, 4.69) is 20.8 Å². The van der Waals surface area contributed by atoms with Crippen LogP contribution < -0.4 is 5.73 Å². The van der Waals surface area contributed by atoms with Crippen molar-refractivity contribution in [1.82, 2.24) is 0 Å². The van der Waals surface area contributed by atoms with Crippen LogP contribution in [0.1, 0.15) is 65.7 Å². The third-order valence-electron chi connectivity index (χ3n) is 7.25. The minimum absolute atomic E-state index is 0.0273. The van der Waals surface area contributed by atoms with Crippen LogP contribution >= 0.6 is 0 Å². The van der Waals surface area contributed by atoms with Gasteiger partial charge in [0.2, 0.25) is 0 Å². The summed E-state index contributed by atoms with van der Waals surface area (Å²) in [6, 6.07) is 0. The summed E-state index contributed by atoms with van der Waals surface area (Å²) in [5.74, 6) is 3.20. The monoisotopic (exact) mass is 279 g/mol. The minimum atomic E-state index is -0.507. The Morgan fingerprint density at radius 3 is 2.40 bits per heavy atom. The van der Waals surface area contributed by atoms with E-state index < -0.39 is 5.60 Å². The standard InChI is InChI=1S/C18H33NO/c1-12(2)16-7-4-13(3)9-18(16,20)17(11-19)10-14-5-6-15(17)8-14/h12-16,20H,4-11,19H2,1-3H3. The van der Waals surface area contributed by atoms with E-state index in [1.54, 1.807) is 0 Å². The first-order valence-corrected chi connectivity index (χ1v) is 8.85. The molecule has 116 valence electrons. The molecule has 6 atom stereocenters. The molecule has 0 aliphatic heterocycles. The number of aliphatic hydroxyl groups is 1. The second-order valence-electron chi connectivity index (χ2n) is 8.60. The molecular formula is C18H33NO. The summed E-state index contributed by atoms with van der Waals surface area (Å²) in [7, 11) is 0. The summed E-state index contributed by atoms with van der Waals surface area (Å²) in [6.45, 7) is 7.60. The smallest absolute Gasteiger partial charge is 0.0751 e. The van der Waals surface area contributed by atoms with Crippen LogP contribution in [0.25, 0.3) is 0 Å². The van der Waals surface area contributed by atoms with Crippen molar-refractivity contribution in [3.8, 4) is 0 Å². The van der Waals surface area contributed by atoms with E-state index in [9.17, 15) is 5.11 Å². The Balaban J connectivity index is 1.98. The van der Waals surface area contributed by atoms with Gasteiger partial charge in [-0.05, 0) is 61.7 Å². The average molecular weight is 279 g/mol. The zero-order chi connectivity index (χ0) is 14.5. The number of rotatable bonds is 3. The van der Waals surface area contributed by atoms with Crippen LogP contribution in [0.15, 0.2) is 0 Å². The maximum atomic E-state index is 11.9. The van der Waals surface area contributed by atoms with Crippen LogP contribution in [0.5, 0.6) is 0 Å². The molecule has 0 spiro atoms. The average Bonchev–Trinajstić information content (AvgIpc) is 2.98. The molecule has 3 aliphatic carbocycles. The van der Waals surface area contributed by atoms with Gasteiger partial charge in [-0.3, -0.25) is 0 Å². The van der Waals surface area contributed by atoms with Gasteiger partial charge < -0.3 is 10.8 Å². The molecule has 6 unspecified atom stereocenters. The Morgan fingerprint density at radius 2 is 1.90 bits per heavy atom. The molecule has 0 heterocycles. The second kappa shape index (κ2) is 4.98. The molecule has 2 heteroatoms. The van der Waals surface area contributed by atoms with Crippen molar-refractivity contribution in [2.45, 2.75) is 71.3 Å². The zero-order valence-electron chi connectivity index (χ0n) is 13.6. The summed E-state index contributed by atoms with van der Waals surface area (Å²) in [4.78, 5) is 0. The number of fused-ring (bicyclic) bond motifs is 2. The predicted octanol–water partition coefficient (Wildman–Crippen LogP) is 3.57. The predicted molar refractivity (Wildman–Crippen MR) is 83.2 cm³/mol. The fraction of sp³-hybridized carbons (Fsp3) is 1.00. The highest BCUT2D eigenvalue weighted by Gasteiger charge is 2.64. The van der Waals surface area contributed by atoms with E-state index in [1.807, 2.05) is 0 Å². The summed E-state index contributed by atoms with van der Waals surface area (Å²) in [6.07, 6.45) is 8.66. The van der Waals surface area contributed by atoms with E-state index in [1.165, 1.54) is 38.5 Å². The van der Waals surface area contributed by atoms with E-state index in [0.717, 1.165) is 12.3 Å². The molecule has 3 rings (SSSR count). The Labute approximate surface area is 124 Å². The van der Waals surface area contributed by atoms with Crippen molar-refractivity contribution >= 4 is 0 Å². The fourth-order valence-corrected chi connectivity index (χ4v) is 6.35. The third-order valence-corrected chi connectivity index (χ3v) is 7.25. The van der Waals surface area contributed by atoms with Crippen molar-refractivity contribution in [1.29, 1.82) is 0 Å². The van der Waals surface area contributed by atoms with Gasteiger partial charge in [0, 0.05) is 12.0 Å². The van der Waals surface area contributed by atoms with Crippen molar-refractivity contribution in [2.75, 3.05) is 6.54 Å². The van der Waals surface area contributed by atoms with Crippen molar-refractivity contribution in [2.24, 2.45) is 40.7 Å². The molecule has 3 N–H and O–H groups in total. The van der Waals surface area contributed by atoms with Crippen LogP contribution in [0.4, 0.5) is 0 Å². The Bertz CT molecular complexity index is 368. The molecule has 3 aliphatic rings. The molecule has 3 saturated carbocycles. The molecule has 2 bridgehead atoms. The molecule has 0 aromatic carbocycles. The topological polar surface area (TPSA) is 46.2 Å². The van der Waals surface area contributed by atoms with Gasteiger partial charge in [-0.2, -0.15) is 0 Å². The molecule has 20 heavy (non-hydrogen) atoms. The zero-order valence-corrected chi connectivity index (χ0v) is 13.6. The lowest BCUT2D eigenvalue weighted by molar-refractivity contribution is -0.185. The molecular weight excluding hydrogens is 246 g/mol. The first kappa shape index (κ1) is 14.8. The molecule has 0 saturated heterocycles. The van der Waals surface area contributed by atoms with Gasteiger partial charge in [0.15, 0.2) is 0 Å². The number of hydrogen-bond donors (Lipinski definition) is 2. The molecule has 2 nitrogen and oxygen atoms in total. The normalized spacial score (nSPS) is 51.9. The van der Waals surface area contributed by atoms with Gasteiger partial charge in [0.25, 0.3) is 0 Å². The van der Waals surface area contributed by atoms with E-state index in [0.29, 0.717) is 30.2 Å². The quantitative estimate of drug-likeness (QED) is 0.829. The van der Waals surface area contributed by atoms with Crippen molar-refractivity contribution < 1.29 is 5.11 Å². The Hall–Kier alpha value is -0.0800. The van der Waals surface area contributed by atoms with Gasteiger partial charge >= 0.3 is 0 Å². The van der Waals surface area contributed by atoms with E-state index in [-0.39, 0.29) is 5.41 Å².